The Hall–Kier alpha value is -1.15. The van der Waals surface area contributed by atoms with Crippen LogP contribution in [-0.2, 0) is 16.1 Å². The molecule has 2 nitrogen and oxygen atoms in total. The summed E-state index contributed by atoms with van der Waals surface area (Å²) in [4.78, 5) is 11.4. The SMILES string of the molecule is CCC(=O)C(CC)OCc1ccccc1. The average molecular weight is 206 g/mol. The zero-order valence-corrected chi connectivity index (χ0v) is 9.40. The smallest absolute Gasteiger partial charge is 0.161 e. The lowest BCUT2D eigenvalue weighted by Crippen LogP contribution is -2.22. The van der Waals surface area contributed by atoms with Gasteiger partial charge >= 0.3 is 0 Å². The van der Waals surface area contributed by atoms with Crippen LogP contribution in [0.25, 0.3) is 0 Å². The normalized spacial score (nSPS) is 12.4. The molecule has 0 bridgehead atoms. The number of rotatable bonds is 6. The van der Waals surface area contributed by atoms with Crippen LogP contribution in [0.5, 0.6) is 0 Å². The van der Waals surface area contributed by atoms with Gasteiger partial charge in [0.2, 0.25) is 0 Å². The fourth-order valence-corrected chi connectivity index (χ4v) is 1.44. The maximum absolute atomic E-state index is 11.4. The van der Waals surface area contributed by atoms with E-state index >= 15 is 0 Å². The molecule has 0 fully saturated rings. The Balaban J connectivity index is 2.44. The van der Waals surface area contributed by atoms with Crippen molar-refractivity contribution in [3.05, 3.63) is 35.9 Å². The Morgan fingerprint density at radius 3 is 2.47 bits per heavy atom. The Bertz CT molecular complexity index is 293. The Labute approximate surface area is 91.3 Å². The molecule has 0 aromatic heterocycles. The van der Waals surface area contributed by atoms with E-state index in [1.807, 2.05) is 44.2 Å². The van der Waals surface area contributed by atoms with Gasteiger partial charge in [0.1, 0.15) is 6.10 Å². The summed E-state index contributed by atoms with van der Waals surface area (Å²) >= 11 is 0. The summed E-state index contributed by atoms with van der Waals surface area (Å²) in [6, 6.07) is 9.92. The van der Waals surface area contributed by atoms with Gasteiger partial charge in [0.25, 0.3) is 0 Å². The van der Waals surface area contributed by atoms with Crippen LogP contribution in [0, 0.1) is 0 Å². The van der Waals surface area contributed by atoms with Crippen LogP contribution in [0.1, 0.15) is 32.3 Å². The van der Waals surface area contributed by atoms with E-state index in [4.69, 9.17) is 4.74 Å². The van der Waals surface area contributed by atoms with Gasteiger partial charge in [-0.05, 0) is 12.0 Å². The summed E-state index contributed by atoms with van der Waals surface area (Å²) in [5, 5.41) is 0. The highest BCUT2D eigenvalue weighted by Crippen LogP contribution is 2.07. The molecule has 0 radical (unpaired) electrons. The average Bonchev–Trinajstić information content (AvgIpc) is 2.31. The Morgan fingerprint density at radius 1 is 1.27 bits per heavy atom. The summed E-state index contributed by atoms with van der Waals surface area (Å²) < 4.78 is 5.58. The third-order valence-electron chi connectivity index (χ3n) is 2.37. The van der Waals surface area contributed by atoms with Gasteiger partial charge in [0.05, 0.1) is 6.61 Å². The molecule has 1 atom stereocenters. The van der Waals surface area contributed by atoms with Gasteiger partial charge < -0.3 is 4.74 Å². The van der Waals surface area contributed by atoms with Gasteiger partial charge in [-0.1, -0.05) is 44.2 Å². The van der Waals surface area contributed by atoms with Gasteiger partial charge in [-0.25, -0.2) is 0 Å². The Kier molecular flexibility index (Phi) is 5.05. The van der Waals surface area contributed by atoms with Crippen LogP contribution in [0.2, 0.25) is 0 Å². The highest BCUT2D eigenvalue weighted by atomic mass is 16.5. The zero-order chi connectivity index (χ0) is 11.1. The highest BCUT2D eigenvalue weighted by Gasteiger charge is 2.14. The molecular weight excluding hydrogens is 188 g/mol. The van der Waals surface area contributed by atoms with Crippen molar-refractivity contribution in [2.24, 2.45) is 0 Å². The number of carbonyl (C=O) groups is 1. The van der Waals surface area contributed by atoms with E-state index in [1.165, 1.54) is 0 Å². The number of ketones is 1. The predicted molar refractivity (Wildman–Crippen MR) is 60.6 cm³/mol. The minimum Gasteiger partial charge on any atom is -0.366 e. The number of benzene rings is 1. The summed E-state index contributed by atoms with van der Waals surface area (Å²) in [6.45, 7) is 4.37. The third-order valence-corrected chi connectivity index (χ3v) is 2.37. The van der Waals surface area contributed by atoms with Crippen molar-refractivity contribution in [3.63, 3.8) is 0 Å². The lowest BCUT2D eigenvalue weighted by Gasteiger charge is -2.13. The fourth-order valence-electron chi connectivity index (χ4n) is 1.44. The van der Waals surface area contributed by atoms with Gasteiger partial charge in [0.15, 0.2) is 5.78 Å². The van der Waals surface area contributed by atoms with Crippen molar-refractivity contribution in [1.82, 2.24) is 0 Å². The monoisotopic (exact) mass is 206 g/mol. The number of Topliss-reactive ketones (excluding diaryl/α,β-unsaturated/α-hetero) is 1. The third kappa shape index (κ3) is 3.84. The summed E-state index contributed by atoms with van der Waals surface area (Å²) in [7, 11) is 0. The van der Waals surface area contributed by atoms with Crippen molar-refractivity contribution in [1.29, 1.82) is 0 Å². The molecule has 15 heavy (non-hydrogen) atoms. The predicted octanol–water partition coefficient (Wildman–Crippen LogP) is 2.96. The van der Waals surface area contributed by atoms with Crippen molar-refractivity contribution in [2.45, 2.75) is 39.4 Å². The van der Waals surface area contributed by atoms with Crippen molar-refractivity contribution in [2.75, 3.05) is 0 Å². The Morgan fingerprint density at radius 2 is 1.93 bits per heavy atom. The molecule has 0 spiro atoms. The maximum Gasteiger partial charge on any atom is 0.161 e. The molecule has 1 unspecified atom stereocenters. The van der Waals surface area contributed by atoms with Crippen molar-refractivity contribution >= 4 is 5.78 Å². The van der Waals surface area contributed by atoms with Gasteiger partial charge in [0, 0.05) is 6.42 Å². The lowest BCUT2D eigenvalue weighted by atomic mass is 10.1. The van der Waals surface area contributed by atoms with Crippen LogP contribution in [0.3, 0.4) is 0 Å². The topological polar surface area (TPSA) is 26.3 Å². The minimum atomic E-state index is -0.241. The maximum atomic E-state index is 11.4. The van der Waals surface area contributed by atoms with E-state index in [9.17, 15) is 4.79 Å². The van der Waals surface area contributed by atoms with Crippen LogP contribution in [0.15, 0.2) is 30.3 Å². The molecule has 82 valence electrons. The van der Waals surface area contributed by atoms with Gasteiger partial charge in [-0.15, -0.1) is 0 Å². The molecule has 0 heterocycles. The molecule has 0 aliphatic rings. The van der Waals surface area contributed by atoms with Gasteiger partial charge in [-0.2, -0.15) is 0 Å². The first-order valence-electron chi connectivity index (χ1n) is 5.46. The molecular formula is C13H18O2. The van der Waals surface area contributed by atoms with Gasteiger partial charge in [-0.3, -0.25) is 4.79 Å². The second-order valence-corrected chi connectivity index (χ2v) is 3.51. The first-order valence-corrected chi connectivity index (χ1v) is 5.46. The van der Waals surface area contributed by atoms with Crippen LogP contribution < -0.4 is 0 Å². The fraction of sp³-hybridized carbons (Fsp3) is 0.462. The first-order chi connectivity index (χ1) is 7.27. The lowest BCUT2D eigenvalue weighted by molar-refractivity contribution is -0.131. The van der Waals surface area contributed by atoms with E-state index in [2.05, 4.69) is 0 Å². The van der Waals surface area contributed by atoms with Crippen LogP contribution in [-0.4, -0.2) is 11.9 Å². The number of carbonyl (C=O) groups excluding carboxylic acids is 1. The summed E-state index contributed by atoms with van der Waals surface area (Å²) in [5.41, 5.74) is 1.11. The molecule has 0 N–H and O–H groups in total. The van der Waals surface area contributed by atoms with Crippen molar-refractivity contribution < 1.29 is 9.53 Å². The zero-order valence-electron chi connectivity index (χ0n) is 9.40. The molecule has 1 rings (SSSR count). The molecule has 2 heteroatoms. The summed E-state index contributed by atoms with van der Waals surface area (Å²) in [6.07, 6.45) is 1.06. The number of ether oxygens (including phenoxy) is 1. The van der Waals surface area contributed by atoms with E-state index < -0.39 is 0 Å². The van der Waals surface area contributed by atoms with E-state index in [0.29, 0.717) is 13.0 Å². The molecule has 1 aromatic rings. The number of hydrogen-bond acceptors (Lipinski definition) is 2. The molecule has 0 saturated carbocycles. The second-order valence-electron chi connectivity index (χ2n) is 3.51. The molecule has 0 aliphatic carbocycles. The quantitative estimate of drug-likeness (QED) is 0.715. The highest BCUT2D eigenvalue weighted by molar-refractivity contribution is 5.82. The standard InChI is InChI=1S/C13H18O2/c1-3-12(14)13(4-2)15-10-11-8-6-5-7-9-11/h5-9,13H,3-4,10H2,1-2H3. The van der Waals surface area contributed by atoms with E-state index in [-0.39, 0.29) is 11.9 Å². The molecule has 0 saturated heterocycles. The van der Waals surface area contributed by atoms with Crippen LogP contribution in [0.4, 0.5) is 0 Å². The van der Waals surface area contributed by atoms with Crippen molar-refractivity contribution in [3.8, 4) is 0 Å². The first kappa shape index (κ1) is 11.9. The minimum absolute atomic E-state index is 0.188. The molecule has 0 amide bonds. The van der Waals surface area contributed by atoms with Crippen LogP contribution >= 0.6 is 0 Å². The summed E-state index contributed by atoms with van der Waals surface area (Å²) in [5.74, 6) is 0.188. The number of hydrogen-bond donors (Lipinski definition) is 0. The second kappa shape index (κ2) is 6.36. The molecule has 0 aliphatic heterocycles. The van der Waals surface area contributed by atoms with E-state index in [0.717, 1.165) is 12.0 Å². The largest absolute Gasteiger partial charge is 0.366 e. The van der Waals surface area contributed by atoms with E-state index in [1.54, 1.807) is 0 Å². The molecule has 1 aromatic carbocycles.